The minimum Gasteiger partial charge on any atom is -0.480 e. The Hall–Kier alpha value is -0.440. The summed E-state index contributed by atoms with van der Waals surface area (Å²) in [5, 5.41) is 9.00. The third-order valence-corrected chi connectivity index (χ3v) is 5.70. The van der Waals surface area contributed by atoms with Crippen LogP contribution < -0.4 is 4.72 Å². The summed E-state index contributed by atoms with van der Waals surface area (Å²) < 4.78 is 26.9. The van der Waals surface area contributed by atoms with Gasteiger partial charge in [0.25, 0.3) is 10.0 Å². The standard InChI is InChI=1S/C10H14BrNO4S2/c1-6(2)5-7(10(13)14)12-18(15,16)9-4-3-8(11)17-9/h3-4,6-7,12H,5H2,1-2H3,(H,13,14)/t7-/m1/s1. The van der Waals surface area contributed by atoms with Crippen molar-refractivity contribution in [2.24, 2.45) is 5.92 Å². The summed E-state index contributed by atoms with van der Waals surface area (Å²) in [6.07, 6.45) is 0.251. The molecule has 0 bridgehead atoms. The first-order valence-electron chi connectivity index (χ1n) is 5.23. The highest BCUT2D eigenvalue weighted by Gasteiger charge is 2.26. The van der Waals surface area contributed by atoms with Crippen LogP contribution in [-0.2, 0) is 14.8 Å². The van der Waals surface area contributed by atoms with Gasteiger partial charge in [-0.05, 0) is 40.4 Å². The molecule has 0 fully saturated rings. The van der Waals surface area contributed by atoms with Crippen LogP contribution in [0.4, 0.5) is 0 Å². The third kappa shape index (κ3) is 4.34. The largest absolute Gasteiger partial charge is 0.480 e. The van der Waals surface area contributed by atoms with E-state index in [1.54, 1.807) is 6.07 Å². The van der Waals surface area contributed by atoms with Crippen LogP contribution in [0.25, 0.3) is 0 Å². The minimum atomic E-state index is -3.77. The molecule has 1 aromatic heterocycles. The zero-order valence-electron chi connectivity index (χ0n) is 9.88. The Labute approximate surface area is 118 Å². The van der Waals surface area contributed by atoms with Gasteiger partial charge in [0.2, 0.25) is 0 Å². The molecule has 0 spiro atoms. The van der Waals surface area contributed by atoms with Gasteiger partial charge in [0.15, 0.2) is 0 Å². The van der Waals surface area contributed by atoms with E-state index in [2.05, 4.69) is 20.7 Å². The van der Waals surface area contributed by atoms with Gasteiger partial charge in [-0.2, -0.15) is 4.72 Å². The lowest BCUT2D eigenvalue weighted by molar-refractivity contribution is -0.139. The molecule has 0 aliphatic rings. The molecule has 18 heavy (non-hydrogen) atoms. The number of nitrogens with one attached hydrogen (secondary N) is 1. The highest BCUT2D eigenvalue weighted by atomic mass is 79.9. The van der Waals surface area contributed by atoms with Gasteiger partial charge in [-0.3, -0.25) is 4.79 Å². The van der Waals surface area contributed by atoms with E-state index in [9.17, 15) is 13.2 Å². The van der Waals surface area contributed by atoms with Crippen LogP contribution in [0.2, 0.25) is 0 Å². The van der Waals surface area contributed by atoms with Gasteiger partial charge in [0.1, 0.15) is 10.3 Å². The van der Waals surface area contributed by atoms with Crippen LogP contribution in [0.1, 0.15) is 20.3 Å². The van der Waals surface area contributed by atoms with Crippen molar-refractivity contribution >= 4 is 43.3 Å². The van der Waals surface area contributed by atoms with Gasteiger partial charge >= 0.3 is 5.97 Å². The van der Waals surface area contributed by atoms with Crippen LogP contribution in [-0.4, -0.2) is 25.5 Å². The average Bonchev–Trinajstić information content (AvgIpc) is 2.63. The lowest BCUT2D eigenvalue weighted by atomic mass is 10.1. The number of hydrogen-bond donors (Lipinski definition) is 2. The summed E-state index contributed by atoms with van der Waals surface area (Å²) in [6.45, 7) is 3.68. The topological polar surface area (TPSA) is 83.5 Å². The van der Waals surface area contributed by atoms with Crippen LogP contribution >= 0.6 is 27.3 Å². The fraction of sp³-hybridized carbons (Fsp3) is 0.500. The smallest absolute Gasteiger partial charge is 0.321 e. The van der Waals surface area contributed by atoms with Crippen molar-refractivity contribution in [3.63, 3.8) is 0 Å². The Morgan fingerprint density at radius 1 is 1.50 bits per heavy atom. The number of rotatable bonds is 6. The highest BCUT2D eigenvalue weighted by molar-refractivity contribution is 9.11. The van der Waals surface area contributed by atoms with Gasteiger partial charge in [-0.25, -0.2) is 8.42 Å². The molecule has 1 heterocycles. The van der Waals surface area contributed by atoms with Crippen molar-refractivity contribution in [3.8, 4) is 0 Å². The maximum absolute atomic E-state index is 12.0. The third-order valence-electron chi connectivity index (χ3n) is 2.12. The average molecular weight is 356 g/mol. The number of thiophene rings is 1. The molecule has 0 aliphatic heterocycles. The monoisotopic (exact) mass is 355 g/mol. The molecule has 0 unspecified atom stereocenters. The number of carbonyl (C=O) groups is 1. The molecule has 0 aliphatic carbocycles. The lowest BCUT2D eigenvalue weighted by Gasteiger charge is -2.15. The van der Waals surface area contributed by atoms with Crippen molar-refractivity contribution in [2.45, 2.75) is 30.5 Å². The number of aliphatic carboxylic acids is 1. The zero-order valence-corrected chi connectivity index (χ0v) is 13.1. The van der Waals surface area contributed by atoms with E-state index in [0.29, 0.717) is 3.79 Å². The number of carboxylic acid groups (broad SMARTS) is 1. The van der Waals surface area contributed by atoms with E-state index in [1.165, 1.54) is 6.07 Å². The Morgan fingerprint density at radius 2 is 2.11 bits per heavy atom. The summed E-state index contributed by atoms with van der Waals surface area (Å²) >= 11 is 4.21. The quantitative estimate of drug-likeness (QED) is 0.819. The van der Waals surface area contributed by atoms with E-state index >= 15 is 0 Å². The molecular weight excluding hydrogens is 342 g/mol. The molecule has 1 rings (SSSR count). The molecule has 0 amide bonds. The Bertz CT molecular complexity index is 524. The van der Waals surface area contributed by atoms with Gasteiger partial charge < -0.3 is 5.11 Å². The maximum Gasteiger partial charge on any atom is 0.321 e. The van der Waals surface area contributed by atoms with Gasteiger partial charge in [-0.15, -0.1) is 11.3 Å². The first-order valence-corrected chi connectivity index (χ1v) is 8.32. The van der Waals surface area contributed by atoms with Crippen LogP contribution in [0.5, 0.6) is 0 Å². The molecule has 0 saturated heterocycles. The summed E-state index contributed by atoms with van der Waals surface area (Å²) in [5.41, 5.74) is 0. The Kier molecular flexibility index (Phi) is 5.32. The van der Waals surface area contributed by atoms with Crippen molar-refractivity contribution in [1.29, 1.82) is 0 Å². The fourth-order valence-corrected chi connectivity index (χ4v) is 4.59. The van der Waals surface area contributed by atoms with E-state index < -0.39 is 22.0 Å². The Balaban J connectivity index is 2.89. The summed E-state index contributed by atoms with van der Waals surface area (Å²) in [6, 6.07) is 1.94. The molecule has 0 radical (unpaired) electrons. The molecule has 2 N–H and O–H groups in total. The Morgan fingerprint density at radius 3 is 2.50 bits per heavy atom. The van der Waals surface area contributed by atoms with Gasteiger partial charge in [-0.1, -0.05) is 13.8 Å². The van der Waals surface area contributed by atoms with E-state index in [4.69, 9.17) is 5.11 Å². The molecule has 0 aromatic carbocycles. The maximum atomic E-state index is 12.0. The molecule has 0 saturated carbocycles. The zero-order chi connectivity index (χ0) is 13.9. The number of carboxylic acids is 1. The molecule has 5 nitrogen and oxygen atoms in total. The predicted octanol–water partition coefficient (Wildman–Crippen LogP) is 2.29. The summed E-state index contributed by atoms with van der Waals surface area (Å²) in [5.74, 6) is -1.08. The normalized spacial score (nSPS) is 13.8. The summed E-state index contributed by atoms with van der Waals surface area (Å²) in [7, 11) is -3.77. The second-order valence-corrected chi connectivity index (χ2v) is 8.60. The number of halogens is 1. The first kappa shape index (κ1) is 15.6. The number of hydrogen-bond acceptors (Lipinski definition) is 4. The second kappa shape index (κ2) is 6.14. The molecule has 8 heteroatoms. The lowest BCUT2D eigenvalue weighted by Crippen LogP contribution is -2.41. The van der Waals surface area contributed by atoms with Crippen molar-refractivity contribution < 1.29 is 18.3 Å². The molecule has 1 aromatic rings. The molecule has 102 valence electrons. The number of sulfonamides is 1. The highest BCUT2D eigenvalue weighted by Crippen LogP contribution is 2.26. The predicted molar refractivity (Wildman–Crippen MR) is 73.2 cm³/mol. The van der Waals surface area contributed by atoms with Crippen molar-refractivity contribution in [1.82, 2.24) is 4.72 Å². The van der Waals surface area contributed by atoms with E-state index in [0.717, 1.165) is 11.3 Å². The minimum absolute atomic E-state index is 0.0869. The molecule has 1 atom stereocenters. The molecular formula is C10H14BrNO4S2. The van der Waals surface area contributed by atoms with Gasteiger partial charge in [0, 0.05) is 0 Å². The van der Waals surface area contributed by atoms with E-state index in [-0.39, 0.29) is 16.5 Å². The van der Waals surface area contributed by atoms with Crippen LogP contribution in [0.15, 0.2) is 20.1 Å². The SMILES string of the molecule is CC(C)C[C@@H](NS(=O)(=O)c1ccc(Br)s1)C(=O)O. The van der Waals surface area contributed by atoms with Gasteiger partial charge in [0.05, 0.1) is 3.79 Å². The van der Waals surface area contributed by atoms with E-state index in [1.807, 2.05) is 13.8 Å². The van der Waals surface area contributed by atoms with Crippen molar-refractivity contribution in [2.75, 3.05) is 0 Å². The van der Waals surface area contributed by atoms with Crippen LogP contribution in [0, 0.1) is 5.92 Å². The van der Waals surface area contributed by atoms with Crippen LogP contribution in [0.3, 0.4) is 0 Å². The first-order chi connectivity index (χ1) is 8.22. The fourth-order valence-electron chi connectivity index (χ4n) is 1.36. The van der Waals surface area contributed by atoms with Crippen molar-refractivity contribution in [3.05, 3.63) is 15.9 Å². The summed E-state index contributed by atoms with van der Waals surface area (Å²) in [4.78, 5) is 11.0. The second-order valence-electron chi connectivity index (χ2n) is 4.20.